The van der Waals surface area contributed by atoms with Crippen LogP contribution in [0.2, 0.25) is 0 Å². The third kappa shape index (κ3) is 4.09. The van der Waals surface area contributed by atoms with Gasteiger partial charge in [-0.3, -0.25) is 4.79 Å². The third-order valence-corrected chi connectivity index (χ3v) is 4.25. The van der Waals surface area contributed by atoms with Crippen LogP contribution in [-0.2, 0) is 4.79 Å². The fraction of sp³-hybridized carbons (Fsp3) is 0.0500. The van der Waals surface area contributed by atoms with Gasteiger partial charge in [0.15, 0.2) is 0 Å². The normalized spacial score (nSPS) is 9.78. The molecule has 0 fully saturated rings. The lowest BCUT2D eigenvalue weighted by atomic mass is 10.2. The quantitative estimate of drug-likeness (QED) is 0.678. The predicted octanol–water partition coefficient (Wildman–Crippen LogP) is 4.77. The number of benzene rings is 2. The lowest BCUT2D eigenvalue weighted by molar-refractivity contribution is -0.114. The second-order valence-electron chi connectivity index (χ2n) is 5.04. The zero-order chi connectivity index (χ0) is 16.1. The molecule has 0 saturated carbocycles. The molecule has 23 heavy (non-hydrogen) atoms. The van der Waals surface area contributed by atoms with Crippen LogP contribution in [0.3, 0.4) is 0 Å². The number of carbonyl (C=O) groups excluding carboxylic acids is 1. The number of nitrogens with one attached hydrogen (secondary N) is 1. The molecule has 0 bridgehead atoms. The zero-order valence-electron chi connectivity index (χ0n) is 12.7. The fourth-order valence-corrected chi connectivity index (χ4v) is 3.00. The fourth-order valence-electron chi connectivity index (χ4n) is 2.14. The molecule has 3 aromatic rings. The summed E-state index contributed by atoms with van der Waals surface area (Å²) < 4.78 is 0. The van der Waals surface area contributed by atoms with E-state index in [2.05, 4.69) is 35.4 Å². The van der Waals surface area contributed by atoms with E-state index in [-0.39, 0.29) is 5.91 Å². The van der Waals surface area contributed by atoms with Gasteiger partial charge in [0.1, 0.15) is 0 Å². The molecule has 0 radical (unpaired) electrons. The van der Waals surface area contributed by atoms with Crippen molar-refractivity contribution in [2.45, 2.75) is 6.92 Å². The summed E-state index contributed by atoms with van der Waals surface area (Å²) in [4.78, 5) is 13.2. The molecule has 0 aliphatic heterocycles. The minimum atomic E-state index is -0.0733. The number of amides is 1. The molecule has 2 aromatic carbocycles. The summed E-state index contributed by atoms with van der Waals surface area (Å²) in [6, 6.07) is 22.0. The van der Waals surface area contributed by atoms with Crippen molar-refractivity contribution in [1.29, 1.82) is 0 Å². The lowest BCUT2D eigenvalue weighted by Gasteiger charge is -2.00. The molecule has 2 nitrogen and oxygen atoms in total. The van der Waals surface area contributed by atoms with E-state index in [4.69, 9.17) is 0 Å². The van der Waals surface area contributed by atoms with Crippen LogP contribution < -0.4 is 5.32 Å². The van der Waals surface area contributed by atoms with Gasteiger partial charge in [0.2, 0.25) is 5.91 Å². The zero-order valence-corrected chi connectivity index (χ0v) is 13.5. The van der Waals surface area contributed by atoms with Crippen LogP contribution in [0.25, 0.3) is 10.4 Å². The van der Waals surface area contributed by atoms with Crippen molar-refractivity contribution in [1.82, 2.24) is 0 Å². The van der Waals surface area contributed by atoms with Crippen LogP contribution >= 0.6 is 11.3 Å². The Hall–Kier alpha value is -2.83. The van der Waals surface area contributed by atoms with E-state index in [1.807, 2.05) is 48.5 Å². The van der Waals surface area contributed by atoms with Crippen molar-refractivity contribution in [3.8, 4) is 22.3 Å². The van der Waals surface area contributed by atoms with Gasteiger partial charge >= 0.3 is 0 Å². The van der Waals surface area contributed by atoms with Gasteiger partial charge in [0, 0.05) is 23.1 Å². The standard InChI is InChI=1S/C20H15NOS/c1-15(22)21-18-10-7-16(8-11-18)9-12-19-13-14-20(23-19)17-5-3-2-4-6-17/h2-8,10-11,13-14H,1H3,(H,21,22). The first-order chi connectivity index (χ1) is 11.2. The smallest absolute Gasteiger partial charge is 0.221 e. The molecule has 1 aromatic heterocycles. The largest absolute Gasteiger partial charge is 0.326 e. The molecule has 112 valence electrons. The molecule has 0 saturated heterocycles. The molecular formula is C20H15NOS. The Morgan fingerprint density at radius 1 is 0.913 bits per heavy atom. The molecule has 1 heterocycles. The number of hydrogen-bond donors (Lipinski definition) is 1. The van der Waals surface area contributed by atoms with E-state index in [1.54, 1.807) is 11.3 Å². The number of rotatable bonds is 2. The second-order valence-corrected chi connectivity index (χ2v) is 6.12. The summed E-state index contributed by atoms with van der Waals surface area (Å²) in [5, 5.41) is 2.74. The summed E-state index contributed by atoms with van der Waals surface area (Å²) in [6.45, 7) is 1.49. The van der Waals surface area contributed by atoms with E-state index >= 15 is 0 Å². The van der Waals surface area contributed by atoms with Gasteiger partial charge in [0.25, 0.3) is 0 Å². The van der Waals surface area contributed by atoms with Crippen LogP contribution in [0, 0.1) is 11.8 Å². The first-order valence-electron chi connectivity index (χ1n) is 7.26. The highest BCUT2D eigenvalue weighted by molar-refractivity contribution is 7.16. The van der Waals surface area contributed by atoms with Gasteiger partial charge in [-0.1, -0.05) is 42.2 Å². The van der Waals surface area contributed by atoms with Crippen molar-refractivity contribution in [2.24, 2.45) is 0 Å². The Morgan fingerprint density at radius 3 is 2.35 bits per heavy atom. The molecule has 0 spiro atoms. The first kappa shape index (κ1) is 15.1. The second kappa shape index (κ2) is 6.95. The minimum Gasteiger partial charge on any atom is -0.326 e. The van der Waals surface area contributed by atoms with E-state index in [9.17, 15) is 4.79 Å². The van der Waals surface area contributed by atoms with Gasteiger partial charge in [-0.05, 0) is 42.0 Å². The van der Waals surface area contributed by atoms with Crippen LogP contribution in [0.1, 0.15) is 17.4 Å². The summed E-state index contributed by atoms with van der Waals surface area (Å²) in [5.74, 6) is 6.27. The maximum Gasteiger partial charge on any atom is 0.221 e. The Morgan fingerprint density at radius 2 is 1.65 bits per heavy atom. The van der Waals surface area contributed by atoms with Crippen molar-refractivity contribution in [3.63, 3.8) is 0 Å². The third-order valence-electron chi connectivity index (χ3n) is 3.20. The molecule has 3 heteroatoms. The summed E-state index contributed by atoms with van der Waals surface area (Å²) in [5.41, 5.74) is 2.92. The molecule has 1 N–H and O–H groups in total. The van der Waals surface area contributed by atoms with E-state index < -0.39 is 0 Å². The number of hydrogen-bond acceptors (Lipinski definition) is 2. The Labute approximate surface area is 139 Å². The van der Waals surface area contributed by atoms with Crippen LogP contribution in [-0.4, -0.2) is 5.91 Å². The van der Waals surface area contributed by atoms with Gasteiger partial charge in [-0.15, -0.1) is 11.3 Å². The van der Waals surface area contributed by atoms with Crippen LogP contribution in [0.4, 0.5) is 5.69 Å². The van der Waals surface area contributed by atoms with E-state index in [0.29, 0.717) is 0 Å². The van der Waals surface area contributed by atoms with Crippen LogP contribution in [0.15, 0.2) is 66.7 Å². The van der Waals surface area contributed by atoms with Crippen LogP contribution in [0.5, 0.6) is 0 Å². The molecule has 1 amide bonds. The highest BCUT2D eigenvalue weighted by Crippen LogP contribution is 2.27. The number of anilines is 1. The molecular weight excluding hydrogens is 302 g/mol. The van der Waals surface area contributed by atoms with Crippen molar-refractivity contribution in [3.05, 3.63) is 77.2 Å². The molecule has 0 aliphatic rings. The van der Waals surface area contributed by atoms with Gasteiger partial charge in [-0.25, -0.2) is 0 Å². The highest BCUT2D eigenvalue weighted by Gasteiger charge is 2.00. The topological polar surface area (TPSA) is 29.1 Å². The average molecular weight is 317 g/mol. The predicted molar refractivity (Wildman–Crippen MR) is 96.5 cm³/mol. The molecule has 0 aliphatic carbocycles. The maximum absolute atomic E-state index is 11.0. The van der Waals surface area contributed by atoms with E-state index in [0.717, 1.165) is 16.1 Å². The van der Waals surface area contributed by atoms with Gasteiger partial charge < -0.3 is 5.32 Å². The number of thiophene rings is 1. The van der Waals surface area contributed by atoms with Crippen molar-refractivity contribution < 1.29 is 4.79 Å². The number of carbonyl (C=O) groups is 1. The van der Waals surface area contributed by atoms with Gasteiger partial charge in [-0.2, -0.15) is 0 Å². The Balaban J connectivity index is 1.74. The Kier molecular flexibility index (Phi) is 4.56. The van der Waals surface area contributed by atoms with Crippen molar-refractivity contribution >= 4 is 22.9 Å². The van der Waals surface area contributed by atoms with Crippen molar-refractivity contribution in [2.75, 3.05) is 5.32 Å². The molecule has 3 rings (SSSR count). The highest BCUT2D eigenvalue weighted by atomic mass is 32.1. The molecule has 0 unspecified atom stereocenters. The summed E-state index contributed by atoms with van der Waals surface area (Å²) >= 11 is 1.69. The molecule has 0 atom stereocenters. The SMILES string of the molecule is CC(=O)Nc1ccc(C#Cc2ccc(-c3ccccc3)s2)cc1. The van der Waals surface area contributed by atoms with Gasteiger partial charge in [0.05, 0.1) is 4.88 Å². The average Bonchev–Trinajstić information content (AvgIpc) is 3.04. The monoisotopic (exact) mass is 317 g/mol. The first-order valence-corrected chi connectivity index (χ1v) is 8.07. The summed E-state index contributed by atoms with van der Waals surface area (Å²) in [6.07, 6.45) is 0. The minimum absolute atomic E-state index is 0.0733. The summed E-state index contributed by atoms with van der Waals surface area (Å²) in [7, 11) is 0. The Bertz CT molecular complexity index is 867. The lowest BCUT2D eigenvalue weighted by Crippen LogP contribution is -2.05. The van der Waals surface area contributed by atoms with E-state index in [1.165, 1.54) is 17.4 Å². The maximum atomic E-state index is 11.0.